The summed E-state index contributed by atoms with van der Waals surface area (Å²) in [6.45, 7) is 0. The fourth-order valence-corrected chi connectivity index (χ4v) is 1.06. The Hall–Kier alpha value is 0.438. The molecule has 0 fully saturated rings. The van der Waals surface area contributed by atoms with Crippen molar-refractivity contribution in [3.8, 4) is 0 Å². The first-order chi connectivity index (χ1) is 3.79. The summed E-state index contributed by atoms with van der Waals surface area (Å²) in [7, 11) is 0. The van der Waals surface area contributed by atoms with Gasteiger partial charge in [-0.2, -0.15) is 0 Å². The molecule has 1 nitrogen and oxygen atoms in total. The van der Waals surface area contributed by atoms with E-state index in [0.717, 1.165) is 4.48 Å². The third-order valence-corrected chi connectivity index (χ3v) is 2.10. The topological polar surface area (TPSA) is 12.9 Å². The van der Waals surface area contributed by atoms with Crippen molar-refractivity contribution in [1.82, 2.24) is 4.98 Å². The molecule has 3 heteroatoms. The Balaban J connectivity index is 3.03. The molecule has 1 aromatic rings. The summed E-state index contributed by atoms with van der Waals surface area (Å²) < 4.78 is 2.34. The number of aromatic nitrogens is 1. The summed E-state index contributed by atoms with van der Waals surface area (Å²) in [5.41, 5.74) is 0. The average Bonchev–Trinajstić information content (AvgIpc) is 1.77. The van der Waals surface area contributed by atoms with Crippen molar-refractivity contribution in [2.24, 2.45) is 0 Å². The van der Waals surface area contributed by atoms with Gasteiger partial charge in [-0.25, -0.2) is 0 Å². The normalized spacial score (nSPS) is 9.25. The Morgan fingerprint density at radius 3 is 2.62 bits per heavy atom. The van der Waals surface area contributed by atoms with Crippen LogP contribution in [0, 0.1) is 3.57 Å². The van der Waals surface area contributed by atoms with E-state index in [0.29, 0.717) is 0 Å². The van der Waals surface area contributed by atoms with Crippen molar-refractivity contribution in [3.05, 3.63) is 21.9 Å². The van der Waals surface area contributed by atoms with E-state index in [4.69, 9.17) is 0 Å². The molecular weight excluding hydrogens is 276 g/mol. The van der Waals surface area contributed by atoms with Gasteiger partial charge in [0.25, 0.3) is 0 Å². The minimum atomic E-state index is 1.14. The van der Waals surface area contributed by atoms with Gasteiger partial charge in [0.15, 0.2) is 0 Å². The van der Waals surface area contributed by atoms with Gasteiger partial charge in [-0.3, -0.25) is 0 Å². The number of nitrogens with zero attached hydrogens (tertiary/aromatic N) is 1. The zero-order valence-corrected chi connectivity index (χ0v) is 8.71. The summed E-state index contributed by atoms with van der Waals surface area (Å²) in [5, 5.41) is 0. The molecule has 0 spiro atoms. The third kappa shape index (κ3) is 1.75. The monoisotopic (exact) mass is 281 g/mol. The van der Waals surface area contributed by atoms with Gasteiger partial charge in [-0.1, -0.05) is 0 Å². The van der Waals surface area contributed by atoms with Crippen LogP contribution in [0.3, 0.4) is 0 Å². The molecule has 0 bridgehead atoms. The minimum absolute atomic E-state index is 1.14. The van der Waals surface area contributed by atoms with Gasteiger partial charge in [0.05, 0.1) is 0 Å². The summed E-state index contributed by atoms with van der Waals surface area (Å²) in [5.74, 6) is 0. The van der Waals surface area contributed by atoms with Crippen LogP contribution in [0.2, 0.25) is 0 Å². The molecule has 0 aliphatic carbocycles. The Morgan fingerprint density at radius 2 is 2.25 bits per heavy atom. The van der Waals surface area contributed by atoms with E-state index in [1.807, 2.05) is 12.3 Å². The van der Waals surface area contributed by atoms with Crippen molar-refractivity contribution in [2.45, 2.75) is 0 Å². The molecule has 0 N–H and O–H groups in total. The fourth-order valence-electron chi connectivity index (χ4n) is 0.387. The van der Waals surface area contributed by atoms with Gasteiger partial charge in [-0.05, 0) is 0 Å². The first kappa shape index (κ1) is 6.56. The first-order valence-corrected chi connectivity index (χ1v) is 4.45. The molecular formula is C5H5AsIN. The van der Waals surface area contributed by atoms with E-state index >= 15 is 0 Å². The molecule has 1 rings (SSSR count). The van der Waals surface area contributed by atoms with Crippen molar-refractivity contribution in [2.75, 3.05) is 0 Å². The number of hydrogen-bond acceptors (Lipinski definition) is 1. The number of pyridine rings is 1. The van der Waals surface area contributed by atoms with Crippen molar-refractivity contribution >= 4 is 43.9 Å². The molecule has 1 atom stereocenters. The molecule has 8 heavy (non-hydrogen) atoms. The van der Waals surface area contributed by atoms with Gasteiger partial charge >= 0.3 is 70.8 Å². The van der Waals surface area contributed by atoms with Crippen LogP contribution in [0.4, 0.5) is 0 Å². The summed E-state index contributed by atoms with van der Waals surface area (Å²) in [6, 6.07) is 4.09. The van der Waals surface area contributed by atoms with Crippen LogP contribution in [0.15, 0.2) is 18.3 Å². The van der Waals surface area contributed by atoms with E-state index in [9.17, 15) is 0 Å². The summed E-state index contributed by atoms with van der Waals surface area (Å²) >= 11 is 3.81. The van der Waals surface area contributed by atoms with Crippen molar-refractivity contribution in [3.63, 3.8) is 0 Å². The fraction of sp³-hybridized carbons (Fsp3) is 0. The van der Waals surface area contributed by atoms with Crippen LogP contribution in [-0.2, 0) is 0 Å². The van der Waals surface area contributed by atoms with Crippen LogP contribution in [0.1, 0.15) is 0 Å². The number of hydrogen-bond donors (Lipinski definition) is 0. The average molecular weight is 281 g/mol. The Bertz CT molecular complexity index is 151. The molecule has 0 aliphatic rings. The second kappa shape index (κ2) is 2.83. The maximum absolute atomic E-state index is 4.10. The van der Waals surface area contributed by atoms with Gasteiger partial charge in [0, 0.05) is 0 Å². The SMILES string of the molecule is [AsH2]c1ccc(I)cn1. The van der Waals surface area contributed by atoms with Crippen molar-refractivity contribution < 1.29 is 0 Å². The van der Waals surface area contributed by atoms with Crippen LogP contribution in [0.5, 0.6) is 0 Å². The third-order valence-electron chi connectivity index (χ3n) is 0.750. The van der Waals surface area contributed by atoms with Gasteiger partial charge < -0.3 is 0 Å². The number of halogens is 1. The van der Waals surface area contributed by atoms with E-state index in [1.165, 1.54) is 3.57 Å². The van der Waals surface area contributed by atoms with E-state index in [2.05, 4.69) is 33.6 Å². The second-order valence-corrected chi connectivity index (χ2v) is 3.89. The molecule has 0 amide bonds. The van der Waals surface area contributed by atoms with Gasteiger partial charge in [-0.15, -0.1) is 0 Å². The summed E-state index contributed by atoms with van der Waals surface area (Å²) in [6.07, 6.45) is 1.87. The maximum atomic E-state index is 4.10. The van der Waals surface area contributed by atoms with E-state index in [1.54, 1.807) is 16.9 Å². The zero-order valence-electron chi connectivity index (χ0n) is 4.13. The van der Waals surface area contributed by atoms with Crippen molar-refractivity contribution in [1.29, 1.82) is 0 Å². The quantitative estimate of drug-likeness (QED) is 0.480. The number of rotatable bonds is 0. The van der Waals surface area contributed by atoms with E-state index < -0.39 is 0 Å². The molecule has 42 valence electrons. The molecule has 1 heterocycles. The molecule has 1 unspecified atom stereocenters. The predicted molar refractivity (Wildman–Crippen MR) is 45.1 cm³/mol. The Kier molecular flexibility index (Phi) is 2.32. The second-order valence-electron chi connectivity index (χ2n) is 1.40. The Morgan fingerprint density at radius 1 is 1.50 bits per heavy atom. The van der Waals surface area contributed by atoms with Gasteiger partial charge in [0.2, 0.25) is 0 Å². The molecule has 1 aromatic heterocycles. The van der Waals surface area contributed by atoms with E-state index in [-0.39, 0.29) is 0 Å². The predicted octanol–water partition coefficient (Wildman–Crippen LogP) is -0.0554. The summed E-state index contributed by atoms with van der Waals surface area (Å²) in [4.78, 5) is 4.10. The standard InChI is InChI=1S/C5H5AsIN/c6-5-2-1-4(7)3-8-5/h1-3H,6H2. The van der Waals surface area contributed by atoms with Gasteiger partial charge in [0.1, 0.15) is 0 Å². The van der Waals surface area contributed by atoms with Crippen LogP contribution < -0.4 is 4.48 Å². The molecule has 0 radical (unpaired) electrons. The van der Waals surface area contributed by atoms with Crippen LogP contribution in [-0.4, -0.2) is 21.8 Å². The molecule has 0 aliphatic heterocycles. The molecule has 0 saturated carbocycles. The van der Waals surface area contributed by atoms with Crippen LogP contribution in [0.25, 0.3) is 0 Å². The zero-order chi connectivity index (χ0) is 5.98. The Labute approximate surface area is 70.5 Å². The molecule has 0 saturated heterocycles. The molecule has 0 aromatic carbocycles. The van der Waals surface area contributed by atoms with Crippen LogP contribution >= 0.6 is 22.6 Å². The first-order valence-electron chi connectivity index (χ1n) is 2.16.